The van der Waals surface area contributed by atoms with Crippen LogP contribution in [0.3, 0.4) is 0 Å². The molecule has 47 heavy (non-hydrogen) atoms. The zero-order valence-electron chi connectivity index (χ0n) is 30.2. The lowest BCUT2D eigenvalue weighted by Gasteiger charge is -2.25. The lowest BCUT2D eigenvalue weighted by Crippen LogP contribution is -2.45. The largest absolute Gasteiger partial charge is 0.472 e. The Morgan fingerprint density at radius 2 is 1.26 bits per heavy atom. The quantitative estimate of drug-likeness (QED) is 0.0303. The highest BCUT2D eigenvalue weighted by Crippen LogP contribution is 2.43. The number of hydrogen-bond acceptors (Lipinski definition) is 5. The second-order valence-electron chi connectivity index (χ2n) is 12.9. The van der Waals surface area contributed by atoms with Crippen molar-refractivity contribution in [1.29, 1.82) is 0 Å². The van der Waals surface area contributed by atoms with Gasteiger partial charge in [0.15, 0.2) is 0 Å². The molecule has 0 aromatic carbocycles. The molecule has 0 heterocycles. The molecule has 3 unspecified atom stereocenters. The maximum Gasteiger partial charge on any atom is 0.472 e. The molecule has 270 valence electrons. The van der Waals surface area contributed by atoms with Gasteiger partial charge in [-0.05, 0) is 44.9 Å². The molecule has 0 aromatic rings. The molecule has 1 amide bonds. The van der Waals surface area contributed by atoms with Gasteiger partial charge < -0.3 is 19.8 Å². The summed E-state index contributed by atoms with van der Waals surface area (Å²) in [7, 11) is 1.50. The summed E-state index contributed by atoms with van der Waals surface area (Å²) in [6.45, 7) is 4.55. The third-order valence-electron chi connectivity index (χ3n) is 7.21. The molecule has 8 nitrogen and oxygen atoms in total. The number of hydrogen-bond donors (Lipinski definition) is 3. The van der Waals surface area contributed by atoms with Crippen LogP contribution in [0, 0.1) is 0 Å². The number of phosphoric ester groups is 1. The number of amides is 1. The van der Waals surface area contributed by atoms with Gasteiger partial charge in [-0.1, -0.05) is 132 Å². The number of unbranched alkanes of at least 4 members (excludes halogenated alkanes) is 8. The van der Waals surface area contributed by atoms with Gasteiger partial charge in [0, 0.05) is 6.42 Å². The molecule has 0 bridgehead atoms. The summed E-state index contributed by atoms with van der Waals surface area (Å²) in [6, 6.07) is -0.900. The van der Waals surface area contributed by atoms with Crippen molar-refractivity contribution < 1.29 is 32.9 Å². The Balaban J connectivity index is 4.76. The minimum absolute atomic E-state index is 0.0411. The molecule has 0 aromatic heterocycles. The van der Waals surface area contributed by atoms with Crippen molar-refractivity contribution >= 4 is 13.7 Å². The van der Waals surface area contributed by atoms with Crippen molar-refractivity contribution in [2.75, 3.05) is 40.9 Å². The second kappa shape index (κ2) is 30.0. The molecule has 0 aliphatic carbocycles. The Morgan fingerprint density at radius 3 is 1.79 bits per heavy atom. The number of nitrogens with zero attached hydrogens (tertiary/aromatic N) is 1. The fourth-order valence-corrected chi connectivity index (χ4v) is 5.08. The van der Waals surface area contributed by atoms with Crippen LogP contribution in [0.2, 0.25) is 0 Å². The van der Waals surface area contributed by atoms with Gasteiger partial charge in [-0.15, -0.1) is 0 Å². The van der Waals surface area contributed by atoms with Crippen molar-refractivity contribution in [3.63, 3.8) is 0 Å². The third kappa shape index (κ3) is 32.3. The number of phosphoric acid groups is 1. The van der Waals surface area contributed by atoms with Gasteiger partial charge in [0.05, 0.1) is 39.9 Å². The first kappa shape index (κ1) is 44.9. The predicted molar refractivity (Wildman–Crippen MR) is 198 cm³/mol. The normalized spacial score (nSPS) is 15.6. The first-order valence-electron chi connectivity index (χ1n) is 17.8. The molecule has 0 rings (SSSR count). The summed E-state index contributed by atoms with van der Waals surface area (Å²) in [4.78, 5) is 22.8. The zero-order chi connectivity index (χ0) is 35.1. The van der Waals surface area contributed by atoms with E-state index in [1.807, 2.05) is 33.3 Å². The van der Waals surface area contributed by atoms with E-state index in [1.165, 1.54) is 38.5 Å². The minimum Gasteiger partial charge on any atom is -0.387 e. The van der Waals surface area contributed by atoms with E-state index in [0.29, 0.717) is 17.4 Å². The van der Waals surface area contributed by atoms with Crippen LogP contribution < -0.4 is 5.32 Å². The highest BCUT2D eigenvalue weighted by molar-refractivity contribution is 7.47. The molecule has 3 atom stereocenters. The second-order valence-corrected chi connectivity index (χ2v) is 14.3. The number of rotatable bonds is 30. The molecule has 0 aliphatic rings. The van der Waals surface area contributed by atoms with Crippen LogP contribution in [0.1, 0.15) is 110 Å². The maximum atomic E-state index is 12.7. The molecule has 0 fully saturated rings. The molecule has 9 heteroatoms. The van der Waals surface area contributed by atoms with E-state index in [2.05, 4.69) is 67.8 Å². The number of carbonyl (C=O) groups is 1. The average molecular weight is 680 g/mol. The summed E-state index contributed by atoms with van der Waals surface area (Å²) >= 11 is 0. The van der Waals surface area contributed by atoms with Gasteiger partial charge in [-0.2, -0.15) is 0 Å². The van der Waals surface area contributed by atoms with E-state index < -0.39 is 20.0 Å². The summed E-state index contributed by atoms with van der Waals surface area (Å²) in [5.41, 5.74) is 0. The number of quaternary nitrogens is 1. The Morgan fingerprint density at radius 1 is 0.745 bits per heavy atom. The van der Waals surface area contributed by atoms with E-state index in [0.717, 1.165) is 44.9 Å². The topological polar surface area (TPSA) is 105 Å². The molecule has 3 N–H and O–H groups in total. The van der Waals surface area contributed by atoms with Crippen molar-refractivity contribution in [3.8, 4) is 0 Å². The molecule has 0 radical (unpaired) electrons. The van der Waals surface area contributed by atoms with Gasteiger partial charge in [-0.25, -0.2) is 4.57 Å². The van der Waals surface area contributed by atoms with Gasteiger partial charge in [0.2, 0.25) is 5.91 Å². The van der Waals surface area contributed by atoms with Crippen LogP contribution >= 0.6 is 7.82 Å². The van der Waals surface area contributed by atoms with Crippen LogP contribution in [0.4, 0.5) is 0 Å². The van der Waals surface area contributed by atoms with Crippen LogP contribution in [0.15, 0.2) is 72.9 Å². The molecular formula is C38H68N2O6P+. The fraction of sp³-hybridized carbons (Fsp3) is 0.658. The molecule has 0 spiro atoms. The Labute approximate surface area is 287 Å². The SMILES string of the molecule is CC/C=C\C/C=C\C/C=C\C/C=C\C/C=C\CC(=O)NC(COP(=O)(O)OCC[N+](C)(C)C)C(O)/C=C/CCCCCCCCCC. The first-order valence-corrected chi connectivity index (χ1v) is 19.3. The zero-order valence-corrected chi connectivity index (χ0v) is 31.1. The first-order chi connectivity index (χ1) is 22.5. The smallest absolute Gasteiger partial charge is 0.387 e. The van der Waals surface area contributed by atoms with Crippen molar-refractivity contribution in [2.45, 2.75) is 122 Å². The summed E-state index contributed by atoms with van der Waals surface area (Å²) < 4.78 is 23.3. The minimum atomic E-state index is -4.35. The predicted octanol–water partition coefficient (Wildman–Crippen LogP) is 8.90. The molecule has 0 saturated carbocycles. The van der Waals surface area contributed by atoms with E-state index >= 15 is 0 Å². The lowest BCUT2D eigenvalue weighted by atomic mass is 10.1. The maximum absolute atomic E-state index is 12.7. The van der Waals surface area contributed by atoms with Crippen LogP contribution in [0.25, 0.3) is 0 Å². The lowest BCUT2D eigenvalue weighted by molar-refractivity contribution is -0.870. The number of aliphatic hydroxyl groups is 1. The standard InChI is InChI=1S/C38H67N2O6P/c1-6-8-10-12-14-16-18-19-20-21-22-24-26-28-30-32-38(42)39-36(35-46-47(43,44)45-34-33-40(3,4)5)37(41)31-29-27-25-23-17-15-13-11-9-7-2/h8,10,14,16,19-20,22,24,28-31,36-37,41H,6-7,9,11-13,15,17-18,21,23,25-27,32-35H2,1-5H3,(H-,39,42,43,44)/p+1/b10-8-,16-14-,20-19-,24-22-,30-28-,31-29+. The fourth-order valence-electron chi connectivity index (χ4n) is 4.34. The number of aliphatic hydroxyl groups excluding tert-OH is 1. The van der Waals surface area contributed by atoms with Crippen molar-refractivity contribution in [1.82, 2.24) is 5.32 Å². The molecular weight excluding hydrogens is 611 g/mol. The number of nitrogens with one attached hydrogen (secondary N) is 1. The molecule has 0 aliphatic heterocycles. The Kier molecular flexibility index (Phi) is 28.7. The van der Waals surface area contributed by atoms with Gasteiger partial charge in [-0.3, -0.25) is 13.8 Å². The van der Waals surface area contributed by atoms with Crippen molar-refractivity contribution in [2.24, 2.45) is 0 Å². The highest BCUT2D eigenvalue weighted by Gasteiger charge is 2.27. The highest BCUT2D eigenvalue weighted by atomic mass is 31.2. The Bertz CT molecular complexity index is 997. The number of allylic oxidation sites excluding steroid dienone is 10. The Hall–Kier alpha value is -2.06. The average Bonchev–Trinajstić information content (AvgIpc) is 3.01. The van der Waals surface area contributed by atoms with E-state index in [4.69, 9.17) is 9.05 Å². The van der Waals surface area contributed by atoms with Gasteiger partial charge in [0.25, 0.3) is 0 Å². The van der Waals surface area contributed by atoms with E-state index in [1.54, 1.807) is 12.2 Å². The van der Waals surface area contributed by atoms with Crippen molar-refractivity contribution in [3.05, 3.63) is 72.9 Å². The number of likely N-dealkylation sites (N-methyl/N-ethyl adjacent to an activating group) is 1. The third-order valence-corrected chi connectivity index (χ3v) is 8.20. The van der Waals surface area contributed by atoms with Gasteiger partial charge in [0.1, 0.15) is 13.2 Å². The van der Waals surface area contributed by atoms with E-state index in [-0.39, 0.29) is 25.5 Å². The monoisotopic (exact) mass is 679 g/mol. The summed E-state index contributed by atoms with van der Waals surface area (Å²) in [5.74, 6) is -0.311. The molecule has 0 saturated heterocycles. The summed E-state index contributed by atoms with van der Waals surface area (Å²) in [6.07, 6.45) is 38.6. The van der Waals surface area contributed by atoms with E-state index in [9.17, 15) is 19.4 Å². The van der Waals surface area contributed by atoms with Crippen LogP contribution in [0.5, 0.6) is 0 Å². The number of carbonyl (C=O) groups excluding carboxylic acids is 1. The van der Waals surface area contributed by atoms with Crippen LogP contribution in [-0.4, -0.2) is 73.4 Å². The van der Waals surface area contributed by atoms with Crippen LogP contribution in [-0.2, 0) is 18.4 Å². The summed E-state index contributed by atoms with van der Waals surface area (Å²) in [5, 5.41) is 13.6. The van der Waals surface area contributed by atoms with Gasteiger partial charge >= 0.3 is 7.82 Å².